The van der Waals surface area contributed by atoms with Crippen LogP contribution in [0, 0.1) is 11.3 Å². The minimum absolute atomic E-state index is 0.0911. The third-order valence-corrected chi connectivity index (χ3v) is 2.74. The van der Waals surface area contributed by atoms with E-state index in [2.05, 4.69) is 38.3 Å². The fraction of sp³-hybridized carbons (Fsp3) is 0.400. The van der Waals surface area contributed by atoms with E-state index in [4.69, 9.17) is 4.74 Å². The Morgan fingerprint density at radius 2 is 2.11 bits per heavy atom. The molecule has 0 atom stereocenters. The minimum Gasteiger partial charge on any atom is -0.497 e. The number of hydrogen-bond donors (Lipinski definition) is 0. The zero-order valence-corrected chi connectivity index (χ0v) is 11.5. The van der Waals surface area contributed by atoms with Gasteiger partial charge in [0, 0.05) is 18.2 Å². The van der Waals surface area contributed by atoms with Crippen LogP contribution in [0.4, 0.5) is 5.69 Å². The molecule has 18 heavy (non-hydrogen) atoms. The van der Waals surface area contributed by atoms with Crippen molar-refractivity contribution in [2.45, 2.75) is 26.3 Å². The van der Waals surface area contributed by atoms with Crippen LogP contribution in [-0.4, -0.2) is 19.2 Å². The first-order chi connectivity index (χ1) is 8.43. The smallest absolute Gasteiger partial charge is 0.121 e. The lowest BCUT2D eigenvalue weighted by molar-refractivity contribution is 0.414. The fourth-order valence-electron chi connectivity index (χ4n) is 1.82. The lowest BCUT2D eigenvalue weighted by atomic mass is 10.0. The number of rotatable bonds is 4. The van der Waals surface area contributed by atoms with Crippen LogP contribution in [-0.2, 0) is 0 Å². The summed E-state index contributed by atoms with van der Waals surface area (Å²) in [7, 11) is 1.63. The van der Waals surface area contributed by atoms with Gasteiger partial charge in [0.1, 0.15) is 11.8 Å². The molecule has 0 aliphatic rings. The van der Waals surface area contributed by atoms with Crippen molar-refractivity contribution in [3.8, 4) is 11.8 Å². The number of ether oxygens (including phenoxy) is 1. The van der Waals surface area contributed by atoms with E-state index in [1.807, 2.05) is 12.1 Å². The Kier molecular flexibility index (Phi) is 4.38. The zero-order chi connectivity index (χ0) is 13.8. The van der Waals surface area contributed by atoms with Crippen molar-refractivity contribution in [1.29, 1.82) is 5.26 Å². The summed E-state index contributed by atoms with van der Waals surface area (Å²) in [5, 5.41) is 9.22. The molecule has 0 saturated carbocycles. The average molecular weight is 244 g/mol. The van der Waals surface area contributed by atoms with Crippen molar-refractivity contribution in [1.82, 2.24) is 0 Å². The first-order valence-electron chi connectivity index (χ1n) is 5.90. The van der Waals surface area contributed by atoms with Crippen LogP contribution in [0.5, 0.6) is 5.75 Å². The Morgan fingerprint density at radius 3 is 2.56 bits per heavy atom. The quantitative estimate of drug-likeness (QED) is 0.762. The van der Waals surface area contributed by atoms with Crippen LogP contribution in [0.3, 0.4) is 0 Å². The van der Waals surface area contributed by atoms with Gasteiger partial charge in [-0.25, -0.2) is 0 Å². The molecule has 3 nitrogen and oxygen atoms in total. The van der Waals surface area contributed by atoms with Crippen molar-refractivity contribution < 1.29 is 4.74 Å². The highest BCUT2D eigenvalue weighted by atomic mass is 16.5. The molecule has 1 rings (SSSR count). The van der Waals surface area contributed by atoms with Gasteiger partial charge in [0.15, 0.2) is 0 Å². The summed E-state index contributed by atoms with van der Waals surface area (Å²) in [6.07, 6.45) is 1.84. The van der Waals surface area contributed by atoms with E-state index >= 15 is 0 Å². The van der Waals surface area contributed by atoms with Gasteiger partial charge < -0.3 is 9.64 Å². The second kappa shape index (κ2) is 5.59. The number of nitriles is 1. The van der Waals surface area contributed by atoms with Gasteiger partial charge in [-0.2, -0.15) is 5.26 Å². The number of anilines is 1. The Labute approximate surface area is 109 Å². The molecule has 0 aliphatic heterocycles. The van der Waals surface area contributed by atoms with Gasteiger partial charge >= 0.3 is 0 Å². The van der Waals surface area contributed by atoms with Gasteiger partial charge in [0.25, 0.3) is 0 Å². The maximum Gasteiger partial charge on any atom is 0.121 e. The molecule has 3 heteroatoms. The average Bonchev–Trinajstić information content (AvgIpc) is 2.33. The highest BCUT2D eigenvalue weighted by molar-refractivity contribution is 5.63. The van der Waals surface area contributed by atoms with Crippen LogP contribution in [0.25, 0.3) is 0 Å². The maximum absolute atomic E-state index is 9.22. The molecule has 0 aliphatic carbocycles. The highest BCUT2D eigenvalue weighted by Crippen LogP contribution is 2.30. The number of benzene rings is 1. The summed E-state index contributed by atoms with van der Waals surface area (Å²) >= 11 is 0. The third-order valence-electron chi connectivity index (χ3n) is 2.74. The molecule has 0 N–H and O–H groups in total. The monoisotopic (exact) mass is 244 g/mol. The van der Waals surface area contributed by atoms with E-state index in [9.17, 15) is 5.26 Å². The van der Waals surface area contributed by atoms with Gasteiger partial charge in [-0.05, 0) is 32.9 Å². The summed E-state index contributed by atoms with van der Waals surface area (Å²) in [6.45, 7) is 10.8. The van der Waals surface area contributed by atoms with Gasteiger partial charge in [-0.3, -0.25) is 0 Å². The lowest BCUT2D eigenvalue weighted by Crippen LogP contribution is -2.42. The van der Waals surface area contributed by atoms with E-state index in [1.165, 1.54) is 0 Å². The molecule has 96 valence electrons. The Morgan fingerprint density at radius 1 is 1.44 bits per heavy atom. The Bertz CT molecular complexity index is 466. The predicted molar refractivity (Wildman–Crippen MR) is 75.0 cm³/mol. The summed E-state index contributed by atoms with van der Waals surface area (Å²) in [6, 6.07) is 7.71. The number of hydrogen-bond acceptors (Lipinski definition) is 3. The molecular weight excluding hydrogens is 224 g/mol. The predicted octanol–water partition coefficient (Wildman–Crippen LogP) is 3.36. The molecule has 0 fully saturated rings. The van der Waals surface area contributed by atoms with E-state index in [-0.39, 0.29) is 5.54 Å². The van der Waals surface area contributed by atoms with Crippen molar-refractivity contribution >= 4 is 5.69 Å². The van der Waals surface area contributed by atoms with E-state index in [1.54, 1.807) is 19.2 Å². The minimum atomic E-state index is -0.0911. The molecule has 0 heterocycles. The second-order valence-corrected chi connectivity index (χ2v) is 5.06. The largest absolute Gasteiger partial charge is 0.497 e. The second-order valence-electron chi connectivity index (χ2n) is 5.06. The maximum atomic E-state index is 9.22. The van der Waals surface area contributed by atoms with Crippen LogP contribution >= 0.6 is 0 Å². The van der Waals surface area contributed by atoms with Gasteiger partial charge in [0.05, 0.1) is 18.4 Å². The SMILES string of the molecule is C=CCN(c1cc(OC)ccc1C#N)C(C)(C)C. The summed E-state index contributed by atoms with van der Waals surface area (Å²) in [5.41, 5.74) is 1.43. The van der Waals surface area contributed by atoms with E-state index in [0.717, 1.165) is 11.4 Å². The fourth-order valence-corrected chi connectivity index (χ4v) is 1.82. The van der Waals surface area contributed by atoms with Crippen LogP contribution in [0.1, 0.15) is 26.3 Å². The molecule has 0 radical (unpaired) electrons. The molecule has 1 aromatic carbocycles. The normalized spacial score (nSPS) is 10.6. The summed E-state index contributed by atoms with van der Waals surface area (Å²) < 4.78 is 5.23. The topological polar surface area (TPSA) is 36.3 Å². The third kappa shape index (κ3) is 3.04. The molecular formula is C15H20N2O. The van der Waals surface area contributed by atoms with Crippen molar-refractivity contribution in [3.63, 3.8) is 0 Å². The molecule has 0 aromatic heterocycles. The standard InChI is InChI=1S/C15H20N2O/c1-6-9-17(15(2,3)4)14-10-13(18-5)8-7-12(14)11-16/h6-8,10H,1,9H2,2-5H3. The van der Waals surface area contributed by atoms with Crippen LogP contribution in [0.2, 0.25) is 0 Å². The Balaban J connectivity index is 3.34. The molecule has 0 spiro atoms. The summed E-state index contributed by atoms with van der Waals surface area (Å²) in [5.74, 6) is 0.752. The van der Waals surface area contributed by atoms with Gasteiger partial charge in [0.2, 0.25) is 0 Å². The first kappa shape index (κ1) is 14.1. The molecule has 0 saturated heterocycles. The number of nitrogens with zero attached hydrogens (tertiary/aromatic N) is 2. The van der Waals surface area contributed by atoms with Crippen molar-refractivity contribution in [3.05, 3.63) is 36.4 Å². The van der Waals surface area contributed by atoms with Gasteiger partial charge in [-0.15, -0.1) is 6.58 Å². The number of methoxy groups -OCH3 is 1. The van der Waals surface area contributed by atoms with Crippen molar-refractivity contribution in [2.24, 2.45) is 0 Å². The molecule has 0 unspecified atom stereocenters. The molecule has 0 amide bonds. The molecule has 1 aromatic rings. The van der Waals surface area contributed by atoms with Crippen LogP contribution < -0.4 is 9.64 Å². The first-order valence-corrected chi connectivity index (χ1v) is 5.90. The molecule has 0 bridgehead atoms. The zero-order valence-electron chi connectivity index (χ0n) is 11.5. The highest BCUT2D eigenvalue weighted by Gasteiger charge is 2.23. The Hall–Kier alpha value is -1.95. The van der Waals surface area contributed by atoms with Crippen LogP contribution in [0.15, 0.2) is 30.9 Å². The van der Waals surface area contributed by atoms with Gasteiger partial charge in [-0.1, -0.05) is 6.08 Å². The van der Waals surface area contributed by atoms with E-state index < -0.39 is 0 Å². The van der Waals surface area contributed by atoms with Crippen molar-refractivity contribution in [2.75, 3.05) is 18.6 Å². The lowest BCUT2D eigenvalue weighted by Gasteiger charge is -2.37. The summed E-state index contributed by atoms with van der Waals surface area (Å²) in [4.78, 5) is 2.14. The van der Waals surface area contributed by atoms with E-state index in [0.29, 0.717) is 12.1 Å².